The fourth-order valence-electron chi connectivity index (χ4n) is 1.60. The van der Waals surface area contributed by atoms with E-state index in [1.165, 1.54) is 0 Å². The molecule has 1 saturated heterocycles. The molecule has 0 saturated carbocycles. The van der Waals surface area contributed by atoms with Crippen LogP contribution in [0.15, 0.2) is 16.7 Å². The van der Waals surface area contributed by atoms with Gasteiger partial charge in [0, 0.05) is 18.9 Å². The van der Waals surface area contributed by atoms with Gasteiger partial charge in [0.05, 0.1) is 5.02 Å². The van der Waals surface area contributed by atoms with Crippen LogP contribution in [0.1, 0.15) is 6.42 Å². The van der Waals surface area contributed by atoms with Crippen molar-refractivity contribution >= 4 is 39.3 Å². The highest BCUT2D eigenvalue weighted by Gasteiger charge is 2.30. The van der Waals surface area contributed by atoms with Crippen LogP contribution in [0.2, 0.25) is 5.02 Å². The molecule has 0 bridgehead atoms. The molecule has 16 heavy (non-hydrogen) atoms. The van der Waals surface area contributed by atoms with Crippen molar-refractivity contribution in [3.8, 4) is 12.3 Å². The Morgan fingerprint density at radius 1 is 1.62 bits per heavy atom. The Labute approximate surface area is 107 Å². The Morgan fingerprint density at radius 2 is 2.38 bits per heavy atom. The van der Waals surface area contributed by atoms with Gasteiger partial charge in [-0.25, -0.2) is 4.98 Å². The lowest BCUT2D eigenvalue weighted by molar-refractivity contribution is -0.117. The van der Waals surface area contributed by atoms with Crippen LogP contribution in [0.25, 0.3) is 0 Å². The number of nitrogens with zero attached hydrogens (tertiary/aromatic N) is 2. The molecule has 1 aromatic rings. The van der Waals surface area contributed by atoms with Gasteiger partial charge in [-0.3, -0.25) is 9.69 Å². The Balaban J connectivity index is 2.29. The number of aromatic nitrogens is 1. The topological polar surface area (TPSA) is 33.2 Å². The fourth-order valence-corrected chi connectivity index (χ4v) is 2.02. The van der Waals surface area contributed by atoms with E-state index in [9.17, 15) is 4.79 Å². The van der Waals surface area contributed by atoms with E-state index >= 15 is 0 Å². The molecule has 0 aliphatic carbocycles. The highest BCUT2D eigenvalue weighted by Crippen LogP contribution is 2.27. The van der Waals surface area contributed by atoms with Crippen LogP contribution in [0.4, 0.5) is 5.82 Å². The summed E-state index contributed by atoms with van der Waals surface area (Å²) in [7, 11) is 0. The summed E-state index contributed by atoms with van der Waals surface area (Å²) in [6.45, 7) is 0.524. The first-order valence-corrected chi connectivity index (χ1v) is 5.87. The zero-order valence-corrected chi connectivity index (χ0v) is 10.6. The summed E-state index contributed by atoms with van der Waals surface area (Å²) in [5.41, 5.74) is 0. The maximum atomic E-state index is 11.7. The van der Waals surface area contributed by atoms with Gasteiger partial charge >= 0.3 is 0 Å². The number of terminal acetylenes is 1. The first-order chi connectivity index (χ1) is 7.61. The molecule has 2 heterocycles. The molecule has 0 spiro atoms. The summed E-state index contributed by atoms with van der Waals surface area (Å²) in [5, 5.41) is 0.517. The Bertz CT molecular complexity index is 483. The summed E-state index contributed by atoms with van der Waals surface area (Å²) < 4.78 is 0.531. The van der Waals surface area contributed by atoms with Gasteiger partial charge in [0.25, 0.3) is 0 Å². The number of pyridine rings is 1. The largest absolute Gasteiger partial charge is 0.295 e. The number of hydrogen-bond donors (Lipinski definition) is 0. The van der Waals surface area contributed by atoms with E-state index in [1.54, 1.807) is 17.0 Å². The molecule has 1 fully saturated rings. The molecule has 0 radical (unpaired) electrons. The number of amides is 1. The highest BCUT2D eigenvalue weighted by molar-refractivity contribution is 9.10. The second-order valence-corrected chi connectivity index (χ2v) is 4.67. The summed E-state index contributed by atoms with van der Waals surface area (Å²) in [6.07, 6.45) is 5.70. The number of carbonyl (C=O) groups is 1. The highest BCUT2D eigenvalue weighted by atomic mass is 79.9. The third-order valence-electron chi connectivity index (χ3n) is 2.43. The fraction of sp³-hybridized carbons (Fsp3) is 0.273. The van der Waals surface area contributed by atoms with Gasteiger partial charge in [0.15, 0.2) is 0 Å². The van der Waals surface area contributed by atoms with E-state index < -0.39 is 0 Å². The van der Waals surface area contributed by atoms with E-state index in [-0.39, 0.29) is 11.8 Å². The van der Waals surface area contributed by atoms with Crippen molar-refractivity contribution in [1.82, 2.24) is 4.98 Å². The van der Waals surface area contributed by atoms with Gasteiger partial charge in [0.2, 0.25) is 5.91 Å². The number of carbonyl (C=O) groups excluding carboxylic acids is 1. The second kappa shape index (κ2) is 4.44. The minimum absolute atomic E-state index is 0.00433. The molecule has 1 amide bonds. The maximum Gasteiger partial charge on any atom is 0.229 e. The molecule has 1 aliphatic heterocycles. The molecule has 1 aromatic heterocycles. The van der Waals surface area contributed by atoms with Crippen molar-refractivity contribution in [2.75, 3.05) is 11.4 Å². The molecule has 0 aromatic carbocycles. The summed E-state index contributed by atoms with van der Waals surface area (Å²) in [5.74, 6) is 3.15. The van der Waals surface area contributed by atoms with Crippen molar-refractivity contribution in [2.24, 2.45) is 5.92 Å². The van der Waals surface area contributed by atoms with E-state index in [2.05, 4.69) is 26.8 Å². The van der Waals surface area contributed by atoms with E-state index in [0.717, 1.165) is 0 Å². The lowest BCUT2D eigenvalue weighted by atomic mass is 10.1. The zero-order chi connectivity index (χ0) is 11.7. The molecular weight excluding hydrogens is 291 g/mol. The first kappa shape index (κ1) is 11.4. The minimum Gasteiger partial charge on any atom is -0.295 e. The van der Waals surface area contributed by atoms with Crippen molar-refractivity contribution < 1.29 is 4.79 Å². The number of rotatable bonds is 1. The lowest BCUT2D eigenvalue weighted by Crippen LogP contribution is -2.25. The summed E-state index contributed by atoms with van der Waals surface area (Å²) in [6, 6.07) is 3.41. The van der Waals surface area contributed by atoms with Crippen molar-refractivity contribution in [3.63, 3.8) is 0 Å². The number of anilines is 1. The van der Waals surface area contributed by atoms with Gasteiger partial charge in [-0.2, -0.15) is 0 Å². The number of hydrogen-bond acceptors (Lipinski definition) is 2. The Kier molecular flexibility index (Phi) is 3.17. The Morgan fingerprint density at radius 3 is 2.94 bits per heavy atom. The monoisotopic (exact) mass is 298 g/mol. The second-order valence-electron chi connectivity index (χ2n) is 3.51. The third kappa shape index (κ3) is 2.06. The molecule has 1 unspecified atom stereocenters. The molecular formula is C11H8BrClN2O. The van der Waals surface area contributed by atoms with Crippen LogP contribution < -0.4 is 4.90 Å². The van der Waals surface area contributed by atoms with Crippen molar-refractivity contribution in [2.45, 2.75) is 6.42 Å². The predicted molar refractivity (Wildman–Crippen MR) is 66.2 cm³/mol. The van der Waals surface area contributed by atoms with Gasteiger partial charge in [-0.05, 0) is 28.1 Å². The predicted octanol–water partition coefficient (Wildman–Crippen LogP) is 2.48. The quantitative estimate of drug-likeness (QED) is 0.589. The van der Waals surface area contributed by atoms with E-state index in [0.29, 0.717) is 28.4 Å². The van der Waals surface area contributed by atoms with Crippen molar-refractivity contribution in [3.05, 3.63) is 21.8 Å². The number of halogens is 2. The molecule has 1 atom stereocenters. The summed E-state index contributed by atoms with van der Waals surface area (Å²) >= 11 is 9.06. The van der Waals surface area contributed by atoms with Gasteiger partial charge in [0.1, 0.15) is 10.4 Å². The van der Waals surface area contributed by atoms with Gasteiger partial charge < -0.3 is 0 Å². The van der Waals surface area contributed by atoms with E-state index in [1.807, 2.05) is 0 Å². The minimum atomic E-state index is -0.0243. The lowest BCUT2D eigenvalue weighted by Gasteiger charge is -2.14. The third-order valence-corrected chi connectivity index (χ3v) is 3.56. The molecule has 2 rings (SSSR count). The van der Waals surface area contributed by atoms with Gasteiger partial charge in [-0.15, -0.1) is 12.3 Å². The van der Waals surface area contributed by atoms with Crippen LogP contribution in [-0.2, 0) is 4.79 Å². The Hall–Kier alpha value is -1.05. The molecule has 82 valence electrons. The van der Waals surface area contributed by atoms with Crippen molar-refractivity contribution in [1.29, 1.82) is 0 Å². The van der Waals surface area contributed by atoms with Gasteiger partial charge in [-0.1, -0.05) is 11.6 Å². The molecule has 0 N–H and O–H groups in total. The first-order valence-electron chi connectivity index (χ1n) is 4.70. The molecule has 3 nitrogen and oxygen atoms in total. The van der Waals surface area contributed by atoms with Crippen LogP contribution in [-0.4, -0.2) is 17.4 Å². The summed E-state index contributed by atoms with van der Waals surface area (Å²) in [4.78, 5) is 17.5. The normalized spacial score (nSPS) is 19.9. The molecule has 5 heteroatoms. The average Bonchev–Trinajstić information content (AvgIpc) is 2.64. The van der Waals surface area contributed by atoms with Crippen LogP contribution in [0.3, 0.4) is 0 Å². The smallest absolute Gasteiger partial charge is 0.229 e. The standard InChI is InChI=1S/C11H8BrClN2O/c1-2-7-5-10(16)15(6-7)9-4-3-8(13)11(12)14-9/h1,3-4,7H,5-6H2. The average molecular weight is 300 g/mol. The van der Waals surface area contributed by atoms with Crippen LogP contribution in [0, 0.1) is 18.3 Å². The zero-order valence-electron chi connectivity index (χ0n) is 8.28. The van der Waals surface area contributed by atoms with E-state index in [4.69, 9.17) is 18.0 Å². The van der Waals surface area contributed by atoms with Crippen LogP contribution in [0.5, 0.6) is 0 Å². The SMILES string of the molecule is C#CC1CC(=O)N(c2ccc(Cl)c(Br)n2)C1. The van der Waals surface area contributed by atoms with Crippen LogP contribution >= 0.6 is 27.5 Å². The maximum absolute atomic E-state index is 11.7. The molecule has 1 aliphatic rings.